The maximum atomic E-state index is 11.8. The third kappa shape index (κ3) is 2.72. The van der Waals surface area contributed by atoms with Crippen molar-refractivity contribution in [1.82, 2.24) is 9.78 Å². The van der Waals surface area contributed by atoms with E-state index in [9.17, 15) is 4.79 Å². The number of hydrogen-bond acceptors (Lipinski definition) is 3. The Bertz CT molecular complexity index is 606. The second-order valence-corrected chi connectivity index (χ2v) is 5.10. The Labute approximate surface area is 118 Å². The molecule has 0 aliphatic carbocycles. The van der Waals surface area contributed by atoms with Crippen molar-refractivity contribution in [3.05, 3.63) is 53.3 Å². The highest BCUT2D eigenvalue weighted by molar-refractivity contribution is 5.85. The van der Waals surface area contributed by atoms with Crippen LogP contribution in [0, 0.1) is 13.8 Å². The summed E-state index contributed by atoms with van der Waals surface area (Å²) in [5.41, 5.74) is 13.3. The van der Waals surface area contributed by atoms with Gasteiger partial charge in [-0.25, -0.2) is 0 Å². The van der Waals surface area contributed by atoms with Gasteiger partial charge in [-0.3, -0.25) is 9.48 Å². The quantitative estimate of drug-likeness (QED) is 0.858. The number of nitrogens with two attached hydrogens (primary N) is 2. The number of benzene rings is 1. The zero-order chi connectivity index (χ0) is 14.8. The fourth-order valence-corrected chi connectivity index (χ4v) is 2.33. The standard InChI is InChI=1S/C15H20N4O/c1-11-10-12(2)19(18-11)9-8-15(17,14(16)20)13-6-4-3-5-7-13/h3-7,10H,8-9,17H2,1-2H3,(H2,16,20). The molecule has 0 bridgehead atoms. The Morgan fingerprint density at radius 2 is 1.95 bits per heavy atom. The molecule has 5 nitrogen and oxygen atoms in total. The van der Waals surface area contributed by atoms with Crippen LogP contribution in [0.1, 0.15) is 23.4 Å². The number of aryl methyl sites for hydroxylation is 3. The van der Waals surface area contributed by atoms with Gasteiger partial charge in [0.1, 0.15) is 5.54 Å². The van der Waals surface area contributed by atoms with Gasteiger partial charge in [0.2, 0.25) is 5.91 Å². The summed E-state index contributed by atoms with van der Waals surface area (Å²) in [6, 6.07) is 11.2. The smallest absolute Gasteiger partial charge is 0.242 e. The molecule has 0 aliphatic heterocycles. The van der Waals surface area contributed by atoms with E-state index in [-0.39, 0.29) is 0 Å². The molecule has 1 unspecified atom stereocenters. The molecule has 0 radical (unpaired) electrons. The summed E-state index contributed by atoms with van der Waals surface area (Å²) >= 11 is 0. The fraction of sp³-hybridized carbons (Fsp3) is 0.333. The molecule has 1 aromatic heterocycles. The van der Waals surface area contributed by atoms with Gasteiger partial charge in [0.25, 0.3) is 0 Å². The first-order valence-corrected chi connectivity index (χ1v) is 6.59. The first-order valence-electron chi connectivity index (χ1n) is 6.59. The van der Waals surface area contributed by atoms with Crippen LogP contribution in [0.2, 0.25) is 0 Å². The molecule has 4 N–H and O–H groups in total. The maximum absolute atomic E-state index is 11.8. The number of primary amides is 1. The van der Waals surface area contributed by atoms with E-state index in [0.29, 0.717) is 13.0 Å². The molecule has 2 aromatic rings. The van der Waals surface area contributed by atoms with Crippen molar-refractivity contribution < 1.29 is 4.79 Å². The summed E-state index contributed by atoms with van der Waals surface area (Å²) < 4.78 is 1.85. The van der Waals surface area contributed by atoms with Crippen LogP contribution in [0.25, 0.3) is 0 Å². The van der Waals surface area contributed by atoms with Crippen LogP contribution in [0.5, 0.6) is 0 Å². The highest BCUT2D eigenvalue weighted by Crippen LogP contribution is 2.23. The van der Waals surface area contributed by atoms with E-state index in [1.54, 1.807) is 0 Å². The predicted molar refractivity (Wildman–Crippen MR) is 77.8 cm³/mol. The number of hydrogen-bond donors (Lipinski definition) is 2. The number of carbonyl (C=O) groups is 1. The lowest BCUT2D eigenvalue weighted by molar-refractivity contribution is -0.123. The summed E-state index contributed by atoms with van der Waals surface area (Å²) in [6.07, 6.45) is 0.411. The summed E-state index contributed by atoms with van der Waals surface area (Å²) in [6.45, 7) is 4.46. The van der Waals surface area contributed by atoms with Gasteiger partial charge >= 0.3 is 0 Å². The Morgan fingerprint density at radius 3 is 2.45 bits per heavy atom. The fourth-order valence-electron chi connectivity index (χ4n) is 2.33. The van der Waals surface area contributed by atoms with E-state index in [0.717, 1.165) is 17.0 Å². The number of amides is 1. The van der Waals surface area contributed by atoms with Crippen molar-refractivity contribution in [3.8, 4) is 0 Å². The van der Waals surface area contributed by atoms with E-state index < -0.39 is 11.4 Å². The van der Waals surface area contributed by atoms with Gasteiger partial charge < -0.3 is 11.5 Å². The van der Waals surface area contributed by atoms with Crippen LogP contribution in [0.15, 0.2) is 36.4 Å². The minimum atomic E-state index is -1.17. The highest BCUT2D eigenvalue weighted by Gasteiger charge is 2.33. The van der Waals surface area contributed by atoms with Gasteiger partial charge in [0, 0.05) is 12.2 Å². The Kier molecular flexibility index (Phi) is 3.90. The summed E-state index contributed by atoms with van der Waals surface area (Å²) in [4.78, 5) is 11.8. The third-order valence-corrected chi connectivity index (χ3v) is 3.55. The largest absolute Gasteiger partial charge is 0.368 e. The molecule has 20 heavy (non-hydrogen) atoms. The molecule has 0 saturated carbocycles. The van der Waals surface area contributed by atoms with Crippen LogP contribution in [0.4, 0.5) is 0 Å². The van der Waals surface area contributed by atoms with Crippen molar-refractivity contribution in [1.29, 1.82) is 0 Å². The first kappa shape index (κ1) is 14.3. The average molecular weight is 272 g/mol. The highest BCUT2D eigenvalue weighted by atomic mass is 16.1. The molecular weight excluding hydrogens is 252 g/mol. The van der Waals surface area contributed by atoms with E-state index in [4.69, 9.17) is 11.5 Å². The molecular formula is C15H20N4O. The van der Waals surface area contributed by atoms with E-state index in [1.807, 2.05) is 54.9 Å². The van der Waals surface area contributed by atoms with Crippen molar-refractivity contribution in [2.45, 2.75) is 32.4 Å². The van der Waals surface area contributed by atoms with Gasteiger partial charge in [-0.2, -0.15) is 5.10 Å². The second-order valence-electron chi connectivity index (χ2n) is 5.10. The SMILES string of the molecule is Cc1cc(C)n(CCC(N)(C(N)=O)c2ccccc2)n1. The lowest BCUT2D eigenvalue weighted by Gasteiger charge is -2.26. The lowest BCUT2D eigenvalue weighted by Crippen LogP contribution is -2.49. The molecule has 5 heteroatoms. The monoisotopic (exact) mass is 272 g/mol. The van der Waals surface area contributed by atoms with Crippen LogP contribution in [-0.2, 0) is 16.9 Å². The summed E-state index contributed by atoms with van der Waals surface area (Å²) in [5.74, 6) is -0.523. The molecule has 0 fully saturated rings. The molecule has 1 aromatic carbocycles. The van der Waals surface area contributed by atoms with Crippen molar-refractivity contribution in [3.63, 3.8) is 0 Å². The molecule has 2 rings (SSSR count). The molecule has 1 heterocycles. The maximum Gasteiger partial charge on any atom is 0.242 e. The molecule has 0 aliphatic rings. The molecule has 0 saturated heterocycles. The van der Waals surface area contributed by atoms with Gasteiger partial charge in [-0.15, -0.1) is 0 Å². The van der Waals surface area contributed by atoms with Gasteiger partial charge in [0.05, 0.1) is 5.69 Å². The first-order chi connectivity index (χ1) is 9.43. The van der Waals surface area contributed by atoms with Gasteiger partial charge in [0.15, 0.2) is 0 Å². The van der Waals surface area contributed by atoms with E-state index in [2.05, 4.69) is 5.10 Å². The van der Waals surface area contributed by atoms with Gasteiger partial charge in [-0.1, -0.05) is 30.3 Å². The number of carbonyl (C=O) groups excluding carboxylic acids is 1. The predicted octanol–water partition coefficient (Wildman–Crippen LogP) is 1.23. The van der Waals surface area contributed by atoms with Gasteiger partial charge in [-0.05, 0) is 31.9 Å². The summed E-state index contributed by atoms with van der Waals surface area (Å²) in [7, 11) is 0. The summed E-state index contributed by atoms with van der Waals surface area (Å²) in [5, 5.41) is 4.38. The van der Waals surface area contributed by atoms with Crippen molar-refractivity contribution in [2.24, 2.45) is 11.5 Å². The lowest BCUT2D eigenvalue weighted by atomic mass is 9.87. The number of nitrogens with zero attached hydrogens (tertiary/aromatic N) is 2. The van der Waals surface area contributed by atoms with Crippen LogP contribution >= 0.6 is 0 Å². The molecule has 1 atom stereocenters. The average Bonchev–Trinajstić information content (AvgIpc) is 2.75. The minimum Gasteiger partial charge on any atom is -0.368 e. The normalized spacial score (nSPS) is 13.9. The number of aromatic nitrogens is 2. The molecule has 0 spiro atoms. The van der Waals surface area contributed by atoms with E-state index in [1.165, 1.54) is 0 Å². The van der Waals surface area contributed by atoms with Crippen molar-refractivity contribution >= 4 is 5.91 Å². The van der Waals surface area contributed by atoms with Crippen LogP contribution < -0.4 is 11.5 Å². The topological polar surface area (TPSA) is 86.9 Å². The zero-order valence-corrected chi connectivity index (χ0v) is 11.8. The Balaban J connectivity index is 2.23. The van der Waals surface area contributed by atoms with Crippen LogP contribution in [0.3, 0.4) is 0 Å². The second kappa shape index (κ2) is 5.46. The molecule has 106 valence electrons. The Hall–Kier alpha value is -2.14. The minimum absolute atomic E-state index is 0.411. The van der Waals surface area contributed by atoms with Crippen LogP contribution in [-0.4, -0.2) is 15.7 Å². The van der Waals surface area contributed by atoms with E-state index >= 15 is 0 Å². The van der Waals surface area contributed by atoms with Crippen molar-refractivity contribution in [2.75, 3.05) is 0 Å². The Morgan fingerprint density at radius 1 is 1.30 bits per heavy atom. The zero-order valence-electron chi connectivity index (χ0n) is 11.8. The third-order valence-electron chi connectivity index (χ3n) is 3.55. The number of rotatable bonds is 5. The molecule has 1 amide bonds.